The first-order valence-electron chi connectivity index (χ1n) is 7.20. The van der Waals surface area contributed by atoms with Gasteiger partial charge in [0.1, 0.15) is 5.70 Å². The molecule has 0 aliphatic carbocycles. The van der Waals surface area contributed by atoms with Crippen LogP contribution >= 0.6 is 0 Å². The fraction of sp³-hybridized carbons (Fsp3) is 0.692. The molecule has 8 nitrogen and oxygen atoms in total. The number of carboxylic acids is 2. The molecule has 0 rings (SSSR count). The monoisotopic (exact) mass is 335 g/mol. The molecule has 0 unspecified atom stereocenters. The van der Waals surface area contributed by atoms with E-state index in [0.717, 1.165) is 0 Å². The average Bonchev–Trinajstić information content (AvgIpc) is 2.43. The predicted octanol–water partition coefficient (Wildman–Crippen LogP) is 1.20. The predicted molar refractivity (Wildman–Crippen MR) is 81.2 cm³/mol. The smallest absolute Gasteiger partial charge is 0.478 e. The van der Waals surface area contributed by atoms with E-state index in [2.05, 4.69) is 0 Å². The molecule has 4 N–H and O–H groups in total. The van der Waals surface area contributed by atoms with Crippen LogP contribution in [0.1, 0.15) is 33.6 Å². The Kier molecular flexibility index (Phi) is 9.66. The number of rotatable bonds is 12. The lowest BCUT2D eigenvalue weighted by molar-refractivity contribution is -0.136. The molecule has 22 heavy (non-hydrogen) atoms. The van der Waals surface area contributed by atoms with Crippen molar-refractivity contribution in [3.05, 3.63) is 11.3 Å². The fourth-order valence-corrected chi connectivity index (χ4v) is 4.58. The van der Waals surface area contributed by atoms with Crippen molar-refractivity contribution in [2.24, 2.45) is 5.73 Å². The minimum atomic E-state index is -2.86. The molecule has 0 atom stereocenters. The number of nitrogens with two attached hydrogens (primary N) is 1. The summed E-state index contributed by atoms with van der Waals surface area (Å²) in [6.45, 7) is 6.74. The molecule has 0 heterocycles. The van der Waals surface area contributed by atoms with Crippen LogP contribution in [0, 0.1) is 0 Å². The SMILES string of the molecule is CCO[Si](CCCC(C(=O)O)=C(N)C(=O)O)(OCC)OCC. The van der Waals surface area contributed by atoms with Crippen molar-refractivity contribution in [3.8, 4) is 0 Å². The maximum atomic E-state index is 11.1. The van der Waals surface area contributed by atoms with Gasteiger partial charge in [0, 0.05) is 25.9 Å². The minimum absolute atomic E-state index is 0.00936. The zero-order chi connectivity index (χ0) is 17.2. The van der Waals surface area contributed by atoms with Crippen molar-refractivity contribution in [3.63, 3.8) is 0 Å². The number of hydrogen-bond acceptors (Lipinski definition) is 6. The van der Waals surface area contributed by atoms with E-state index in [-0.39, 0.29) is 12.0 Å². The number of aliphatic carboxylic acids is 2. The van der Waals surface area contributed by atoms with Gasteiger partial charge in [0.2, 0.25) is 0 Å². The number of carboxylic acid groups (broad SMARTS) is 2. The molecular weight excluding hydrogens is 310 g/mol. The number of carbonyl (C=O) groups is 2. The van der Waals surface area contributed by atoms with Gasteiger partial charge in [-0.15, -0.1) is 0 Å². The summed E-state index contributed by atoms with van der Waals surface area (Å²) in [6.07, 6.45) is 0.358. The van der Waals surface area contributed by atoms with E-state index < -0.39 is 26.4 Å². The molecule has 0 aromatic carbocycles. The van der Waals surface area contributed by atoms with Crippen LogP contribution in [0.3, 0.4) is 0 Å². The van der Waals surface area contributed by atoms with E-state index in [9.17, 15) is 9.59 Å². The molecule has 0 radical (unpaired) electrons. The first-order valence-corrected chi connectivity index (χ1v) is 9.13. The molecule has 0 bridgehead atoms. The first-order chi connectivity index (χ1) is 10.3. The molecule has 128 valence electrons. The van der Waals surface area contributed by atoms with Crippen molar-refractivity contribution in [2.45, 2.75) is 39.7 Å². The molecule has 0 fully saturated rings. The van der Waals surface area contributed by atoms with E-state index in [0.29, 0.717) is 32.3 Å². The van der Waals surface area contributed by atoms with Crippen LogP contribution in [0.2, 0.25) is 6.04 Å². The molecule has 0 saturated carbocycles. The second-order valence-corrected chi connectivity index (χ2v) is 7.07. The topological polar surface area (TPSA) is 128 Å². The van der Waals surface area contributed by atoms with Gasteiger partial charge in [-0.2, -0.15) is 0 Å². The van der Waals surface area contributed by atoms with Crippen LogP contribution in [-0.4, -0.2) is 50.8 Å². The van der Waals surface area contributed by atoms with Gasteiger partial charge in [-0.1, -0.05) is 0 Å². The minimum Gasteiger partial charge on any atom is -0.478 e. The van der Waals surface area contributed by atoms with Gasteiger partial charge in [-0.25, -0.2) is 9.59 Å². The highest BCUT2D eigenvalue weighted by molar-refractivity contribution is 6.60. The quantitative estimate of drug-likeness (QED) is 0.358. The van der Waals surface area contributed by atoms with E-state index in [4.69, 9.17) is 29.2 Å². The third kappa shape index (κ3) is 6.56. The molecule has 0 aliphatic rings. The van der Waals surface area contributed by atoms with Gasteiger partial charge in [-0.3, -0.25) is 0 Å². The zero-order valence-corrected chi connectivity index (χ0v) is 14.3. The highest BCUT2D eigenvalue weighted by Crippen LogP contribution is 2.21. The van der Waals surface area contributed by atoms with Crippen LogP contribution < -0.4 is 5.73 Å². The molecule has 0 aromatic rings. The highest BCUT2D eigenvalue weighted by Gasteiger charge is 2.39. The lowest BCUT2D eigenvalue weighted by Crippen LogP contribution is -2.45. The Morgan fingerprint density at radius 1 is 0.955 bits per heavy atom. The molecule has 0 amide bonds. The zero-order valence-electron chi connectivity index (χ0n) is 13.3. The Bertz CT molecular complexity index is 394. The fourth-order valence-electron chi connectivity index (χ4n) is 1.97. The Hall–Kier alpha value is -1.42. The third-order valence-corrected chi connectivity index (χ3v) is 5.97. The van der Waals surface area contributed by atoms with Gasteiger partial charge >= 0.3 is 20.7 Å². The number of hydrogen-bond donors (Lipinski definition) is 3. The standard InChI is InChI=1S/C13H25NO7Si/c1-4-19-22(20-5-2,21-6-3)9-7-8-10(12(15)16)11(14)13(17)18/h4-9,14H2,1-3H3,(H,15,16)(H,17,18). The van der Waals surface area contributed by atoms with Crippen LogP contribution in [0.4, 0.5) is 0 Å². The summed E-state index contributed by atoms with van der Waals surface area (Å²) in [5.74, 6) is -2.78. The molecular formula is C13H25NO7Si. The van der Waals surface area contributed by atoms with E-state index in [1.807, 2.05) is 20.8 Å². The molecule has 0 spiro atoms. The summed E-state index contributed by atoms with van der Waals surface area (Å²) in [5.41, 5.74) is 4.34. The Morgan fingerprint density at radius 3 is 1.73 bits per heavy atom. The Balaban J connectivity index is 4.94. The second kappa shape index (κ2) is 10.3. The van der Waals surface area contributed by atoms with Crippen molar-refractivity contribution in [1.82, 2.24) is 0 Å². The normalized spacial score (nSPS) is 12.9. The van der Waals surface area contributed by atoms with E-state index in [1.54, 1.807) is 0 Å². The molecule has 0 saturated heterocycles. The van der Waals surface area contributed by atoms with Crippen molar-refractivity contribution < 1.29 is 33.1 Å². The maximum Gasteiger partial charge on any atom is 0.500 e. The molecule has 9 heteroatoms. The van der Waals surface area contributed by atoms with E-state index in [1.165, 1.54) is 0 Å². The summed E-state index contributed by atoms with van der Waals surface area (Å²) in [6, 6.07) is 0.395. The van der Waals surface area contributed by atoms with Crippen molar-refractivity contribution >= 4 is 20.7 Å². The second-order valence-electron chi connectivity index (χ2n) is 4.34. The summed E-state index contributed by atoms with van der Waals surface area (Å²) >= 11 is 0. The lowest BCUT2D eigenvalue weighted by atomic mass is 10.1. The van der Waals surface area contributed by atoms with Crippen LogP contribution in [0.5, 0.6) is 0 Å². The summed E-state index contributed by atoms with van der Waals surface area (Å²) in [7, 11) is -2.86. The Morgan fingerprint density at radius 2 is 1.41 bits per heavy atom. The third-order valence-electron chi connectivity index (χ3n) is 2.82. The summed E-state index contributed by atoms with van der Waals surface area (Å²) in [4.78, 5) is 21.9. The van der Waals surface area contributed by atoms with Gasteiger partial charge in [0.05, 0.1) is 5.57 Å². The van der Waals surface area contributed by atoms with Crippen molar-refractivity contribution in [2.75, 3.05) is 19.8 Å². The van der Waals surface area contributed by atoms with Crippen molar-refractivity contribution in [1.29, 1.82) is 0 Å². The van der Waals surface area contributed by atoms with Crippen LogP contribution in [-0.2, 0) is 22.9 Å². The van der Waals surface area contributed by atoms with Gasteiger partial charge < -0.3 is 29.2 Å². The molecule has 0 aliphatic heterocycles. The van der Waals surface area contributed by atoms with Crippen LogP contribution in [0.25, 0.3) is 0 Å². The highest BCUT2D eigenvalue weighted by atomic mass is 28.4. The van der Waals surface area contributed by atoms with Gasteiger partial charge in [0.25, 0.3) is 0 Å². The lowest BCUT2D eigenvalue weighted by Gasteiger charge is -2.28. The summed E-state index contributed by atoms with van der Waals surface area (Å²) < 4.78 is 16.9. The first kappa shape index (κ1) is 20.6. The summed E-state index contributed by atoms with van der Waals surface area (Å²) in [5, 5.41) is 17.9. The van der Waals surface area contributed by atoms with Gasteiger partial charge in [-0.05, 0) is 33.6 Å². The largest absolute Gasteiger partial charge is 0.500 e. The average molecular weight is 335 g/mol. The van der Waals surface area contributed by atoms with E-state index >= 15 is 0 Å². The van der Waals surface area contributed by atoms with Gasteiger partial charge in [0.15, 0.2) is 0 Å². The molecule has 0 aromatic heterocycles. The Labute approximate surface area is 131 Å². The van der Waals surface area contributed by atoms with Crippen LogP contribution in [0.15, 0.2) is 11.3 Å². The maximum absolute atomic E-state index is 11.1.